The minimum atomic E-state index is 0.515. The van der Waals surface area contributed by atoms with Crippen LogP contribution >= 0.6 is 34.9 Å². The van der Waals surface area contributed by atoms with Crippen molar-refractivity contribution in [2.45, 2.75) is 6.92 Å². The first-order valence-corrected chi connectivity index (χ1v) is 5.96. The lowest BCUT2D eigenvalue weighted by Crippen LogP contribution is -2.00. The fourth-order valence-corrected chi connectivity index (χ4v) is 2.44. The van der Waals surface area contributed by atoms with Crippen LogP contribution < -0.4 is 5.32 Å². The largest absolute Gasteiger partial charge is 0.371 e. The van der Waals surface area contributed by atoms with Crippen LogP contribution in [0.1, 0.15) is 6.92 Å². The maximum atomic E-state index is 6.09. The van der Waals surface area contributed by atoms with E-state index in [2.05, 4.69) is 25.9 Å². The number of anilines is 1. The molecule has 0 aliphatic heterocycles. The Morgan fingerprint density at radius 3 is 2.81 bits per heavy atom. The van der Waals surface area contributed by atoms with Crippen molar-refractivity contribution in [3.05, 3.63) is 16.1 Å². The molecule has 3 nitrogen and oxygen atoms in total. The van der Waals surface area contributed by atoms with Crippen molar-refractivity contribution >= 4 is 51.7 Å². The first-order valence-electron chi connectivity index (χ1n) is 4.47. The number of hydrogen-bond acceptors (Lipinski definition) is 4. The Balaban J connectivity index is 2.49. The summed E-state index contributed by atoms with van der Waals surface area (Å²) in [6.07, 6.45) is 0. The summed E-state index contributed by atoms with van der Waals surface area (Å²) in [5.74, 6) is 5.69. The smallest absolute Gasteiger partial charge is 0.130 e. The van der Waals surface area contributed by atoms with E-state index in [-0.39, 0.29) is 0 Å². The number of halogens is 2. The van der Waals surface area contributed by atoms with E-state index in [1.807, 2.05) is 0 Å². The third-order valence-corrected chi connectivity index (χ3v) is 3.09. The van der Waals surface area contributed by atoms with E-state index >= 15 is 0 Å². The third kappa shape index (κ3) is 2.07. The Morgan fingerprint density at radius 1 is 1.31 bits per heavy atom. The zero-order chi connectivity index (χ0) is 11.5. The standard InChI is InChI=1S/C10H7Cl2N3S/c1-2-3-4-13-8-6(11)5-7(12)9-10(8)15-16-14-9/h5,13H,4H2,1H3. The molecule has 0 amide bonds. The summed E-state index contributed by atoms with van der Waals surface area (Å²) in [4.78, 5) is 0. The molecule has 0 fully saturated rings. The van der Waals surface area contributed by atoms with E-state index < -0.39 is 0 Å². The van der Waals surface area contributed by atoms with E-state index in [0.29, 0.717) is 27.6 Å². The normalized spacial score (nSPS) is 9.94. The maximum absolute atomic E-state index is 6.09. The number of aromatic nitrogens is 2. The minimum Gasteiger partial charge on any atom is -0.371 e. The van der Waals surface area contributed by atoms with Gasteiger partial charge in [-0.1, -0.05) is 29.1 Å². The highest BCUT2D eigenvalue weighted by molar-refractivity contribution is 7.00. The number of hydrogen-bond donors (Lipinski definition) is 1. The Kier molecular flexibility index (Phi) is 3.49. The third-order valence-electron chi connectivity index (χ3n) is 1.97. The molecule has 0 bridgehead atoms. The van der Waals surface area contributed by atoms with E-state index in [9.17, 15) is 0 Å². The highest BCUT2D eigenvalue weighted by atomic mass is 35.5. The van der Waals surface area contributed by atoms with Crippen LogP contribution in [0, 0.1) is 11.8 Å². The number of benzene rings is 1. The highest BCUT2D eigenvalue weighted by Gasteiger charge is 2.12. The van der Waals surface area contributed by atoms with Gasteiger partial charge in [0.05, 0.1) is 34.0 Å². The lowest BCUT2D eigenvalue weighted by atomic mass is 10.2. The van der Waals surface area contributed by atoms with Gasteiger partial charge in [-0.3, -0.25) is 0 Å². The zero-order valence-corrected chi connectivity index (χ0v) is 10.7. The second kappa shape index (κ2) is 4.88. The van der Waals surface area contributed by atoms with Crippen molar-refractivity contribution in [1.82, 2.24) is 8.75 Å². The first-order chi connectivity index (χ1) is 7.74. The van der Waals surface area contributed by atoms with Crippen LogP contribution in [-0.2, 0) is 0 Å². The maximum Gasteiger partial charge on any atom is 0.130 e. The van der Waals surface area contributed by atoms with E-state index in [4.69, 9.17) is 23.2 Å². The fraction of sp³-hybridized carbons (Fsp3) is 0.200. The molecule has 1 aromatic carbocycles. The van der Waals surface area contributed by atoms with Crippen LogP contribution in [0.3, 0.4) is 0 Å². The van der Waals surface area contributed by atoms with Crippen LogP contribution in [0.4, 0.5) is 5.69 Å². The van der Waals surface area contributed by atoms with Crippen LogP contribution in [0.2, 0.25) is 10.0 Å². The number of nitrogens with zero attached hydrogens (tertiary/aromatic N) is 2. The molecule has 0 aliphatic carbocycles. The van der Waals surface area contributed by atoms with Crippen LogP contribution in [-0.4, -0.2) is 15.3 Å². The van der Waals surface area contributed by atoms with Gasteiger partial charge in [-0.15, -0.1) is 5.92 Å². The Hall–Kier alpha value is -1.02. The van der Waals surface area contributed by atoms with E-state index in [1.165, 1.54) is 0 Å². The van der Waals surface area contributed by atoms with Gasteiger partial charge in [-0.25, -0.2) is 0 Å². The molecule has 1 N–H and O–H groups in total. The molecule has 6 heteroatoms. The summed E-state index contributed by atoms with van der Waals surface area (Å²) < 4.78 is 8.28. The zero-order valence-electron chi connectivity index (χ0n) is 8.34. The van der Waals surface area contributed by atoms with Crippen molar-refractivity contribution < 1.29 is 0 Å². The molecular formula is C10H7Cl2N3S. The van der Waals surface area contributed by atoms with Crippen molar-refractivity contribution in [3.63, 3.8) is 0 Å². The summed E-state index contributed by atoms with van der Waals surface area (Å²) in [6.45, 7) is 2.30. The minimum absolute atomic E-state index is 0.515. The topological polar surface area (TPSA) is 37.8 Å². The van der Waals surface area contributed by atoms with Gasteiger partial charge in [0, 0.05) is 0 Å². The monoisotopic (exact) mass is 271 g/mol. The molecule has 0 spiro atoms. The molecule has 0 aliphatic rings. The molecule has 1 aromatic heterocycles. The summed E-state index contributed by atoms with van der Waals surface area (Å²) in [7, 11) is 0. The lowest BCUT2D eigenvalue weighted by Gasteiger charge is -2.06. The van der Waals surface area contributed by atoms with Gasteiger partial charge in [-0.2, -0.15) is 8.75 Å². The average molecular weight is 272 g/mol. The molecule has 0 atom stereocenters. The predicted molar refractivity (Wildman–Crippen MR) is 69.4 cm³/mol. The SMILES string of the molecule is CC#CCNc1c(Cl)cc(Cl)c2nsnc12. The molecule has 1 heterocycles. The molecule has 16 heavy (non-hydrogen) atoms. The van der Waals surface area contributed by atoms with Crippen LogP contribution in [0.25, 0.3) is 11.0 Å². The fourth-order valence-electron chi connectivity index (χ4n) is 1.26. The molecule has 0 unspecified atom stereocenters. The van der Waals surface area contributed by atoms with Gasteiger partial charge in [0.15, 0.2) is 0 Å². The van der Waals surface area contributed by atoms with Gasteiger partial charge in [0.2, 0.25) is 0 Å². The molecule has 0 saturated carbocycles. The second-order valence-corrected chi connectivity index (χ2v) is 4.30. The summed E-state index contributed by atoms with van der Waals surface area (Å²) >= 11 is 13.2. The van der Waals surface area contributed by atoms with Gasteiger partial charge < -0.3 is 5.32 Å². The van der Waals surface area contributed by atoms with Crippen molar-refractivity contribution in [1.29, 1.82) is 0 Å². The van der Waals surface area contributed by atoms with Crippen LogP contribution in [0.5, 0.6) is 0 Å². The highest BCUT2D eigenvalue weighted by Crippen LogP contribution is 2.34. The molecule has 82 valence electrons. The predicted octanol–water partition coefficient (Wildman–Crippen LogP) is 3.43. The molecule has 0 radical (unpaired) electrons. The Labute approximate surface area is 107 Å². The number of fused-ring (bicyclic) bond motifs is 1. The number of rotatable bonds is 2. The Morgan fingerprint density at radius 2 is 2.06 bits per heavy atom. The number of nitrogens with one attached hydrogen (secondary N) is 1. The van der Waals surface area contributed by atoms with Gasteiger partial charge in [0.25, 0.3) is 0 Å². The lowest BCUT2D eigenvalue weighted by molar-refractivity contribution is 1.38. The molecule has 2 rings (SSSR count). The first kappa shape index (κ1) is 11.5. The quantitative estimate of drug-likeness (QED) is 0.851. The van der Waals surface area contributed by atoms with E-state index in [0.717, 1.165) is 17.4 Å². The van der Waals surface area contributed by atoms with Crippen molar-refractivity contribution in [2.75, 3.05) is 11.9 Å². The van der Waals surface area contributed by atoms with Crippen molar-refractivity contribution in [3.8, 4) is 11.8 Å². The summed E-state index contributed by atoms with van der Waals surface area (Å²) in [5, 5.41) is 4.16. The molecular weight excluding hydrogens is 265 g/mol. The second-order valence-electron chi connectivity index (χ2n) is 2.96. The van der Waals surface area contributed by atoms with Crippen LogP contribution in [0.15, 0.2) is 6.07 Å². The molecule has 2 aromatic rings. The Bertz CT molecular complexity index is 583. The van der Waals surface area contributed by atoms with Gasteiger partial charge in [-0.05, 0) is 13.0 Å². The van der Waals surface area contributed by atoms with Gasteiger partial charge >= 0.3 is 0 Å². The summed E-state index contributed by atoms with van der Waals surface area (Å²) in [6, 6.07) is 1.66. The summed E-state index contributed by atoms with van der Waals surface area (Å²) in [5.41, 5.74) is 2.10. The molecule has 0 saturated heterocycles. The van der Waals surface area contributed by atoms with Crippen molar-refractivity contribution in [2.24, 2.45) is 0 Å². The average Bonchev–Trinajstić information content (AvgIpc) is 2.72. The van der Waals surface area contributed by atoms with Gasteiger partial charge in [0.1, 0.15) is 11.0 Å². The van der Waals surface area contributed by atoms with E-state index in [1.54, 1.807) is 13.0 Å².